The van der Waals surface area contributed by atoms with Crippen LogP contribution in [0.4, 0.5) is 0 Å². The maximum atomic E-state index is 6.03. The third-order valence-electron chi connectivity index (χ3n) is 4.79. The monoisotopic (exact) mass is 310 g/mol. The van der Waals surface area contributed by atoms with E-state index < -0.39 is 0 Å². The van der Waals surface area contributed by atoms with E-state index in [1.807, 2.05) is 24.3 Å². The van der Waals surface area contributed by atoms with Gasteiger partial charge in [-0.3, -0.25) is 11.3 Å². The van der Waals surface area contributed by atoms with Gasteiger partial charge in [0.15, 0.2) is 0 Å². The van der Waals surface area contributed by atoms with Crippen molar-refractivity contribution in [2.45, 2.75) is 58.1 Å². The van der Waals surface area contributed by atoms with Gasteiger partial charge in [0.25, 0.3) is 0 Å². The fourth-order valence-corrected chi connectivity index (χ4v) is 3.62. The average Bonchev–Trinajstić information content (AvgIpc) is 2.48. The zero-order valence-electron chi connectivity index (χ0n) is 13.0. The molecule has 1 aliphatic carbocycles. The second-order valence-electron chi connectivity index (χ2n) is 6.16. The summed E-state index contributed by atoms with van der Waals surface area (Å²) in [5.41, 5.74) is 2.98. The number of hydrogen-bond donors (Lipinski definition) is 2. The van der Waals surface area contributed by atoms with Crippen LogP contribution in [-0.4, -0.2) is 12.1 Å². The van der Waals surface area contributed by atoms with Crippen molar-refractivity contribution in [1.82, 2.24) is 5.43 Å². The lowest BCUT2D eigenvalue weighted by atomic mass is 9.76. The lowest BCUT2D eigenvalue weighted by molar-refractivity contribution is 0.107. The number of rotatable bonds is 6. The first-order valence-electron chi connectivity index (χ1n) is 8.02. The van der Waals surface area contributed by atoms with Gasteiger partial charge in [-0.2, -0.15) is 0 Å². The van der Waals surface area contributed by atoms with Crippen molar-refractivity contribution in [2.75, 3.05) is 0 Å². The van der Waals surface area contributed by atoms with Crippen molar-refractivity contribution in [3.63, 3.8) is 0 Å². The van der Waals surface area contributed by atoms with Crippen LogP contribution >= 0.6 is 11.6 Å². The Morgan fingerprint density at radius 3 is 2.62 bits per heavy atom. The Labute approximate surface area is 133 Å². The van der Waals surface area contributed by atoms with Gasteiger partial charge in [0, 0.05) is 5.02 Å². The fraction of sp³-hybridized carbons (Fsp3) is 0.647. The molecule has 0 amide bonds. The first kappa shape index (κ1) is 16.6. The molecule has 0 radical (unpaired) electrons. The van der Waals surface area contributed by atoms with Gasteiger partial charge >= 0.3 is 0 Å². The maximum Gasteiger partial charge on any atom is 0.121 e. The molecule has 2 rings (SSSR count). The molecule has 0 aromatic heterocycles. The molecule has 3 nitrogen and oxygen atoms in total. The van der Waals surface area contributed by atoms with Crippen LogP contribution in [0.1, 0.15) is 46.0 Å². The third-order valence-corrected chi connectivity index (χ3v) is 5.03. The van der Waals surface area contributed by atoms with Crippen LogP contribution in [0.2, 0.25) is 5.02 Å². The standard InChI is InChI=1S/C17H27ClN2O/c1-3-13-7-9-14(10-8-13)17(20-19)12(2)21-16-6-4-5-15(18)11-16/h4-6,11-14,17,20H,3,7-10,19H2,1-2H3. The van der Waals surface area contributed by atoms with Crippen molar-refractivity contribution in [2.24, 2.45) is 17.7 Å². The van der Waals surface area contributed by atoms with Gasteiger partial charge in [0.2, 0.25) is 0 Å². The van der Waals surface area contributed by atoms with Crippen LogP contribution in [0, 0.1) is 11.8 Å². The predicted molar refractivity (Wildman–Crippen MR) is 88.4 cm³/mol. The summed E-state index contributed by atoms with van der Waals surface area (Å²) in [5.74, 6) is 8.08. The predicted octanol–water partition coefficient (Wildman–Crippen LogP) is 4.16. The normalized spacial score (nSPS) is 25.3. The summed E-state index contributed by atoms with van der Waals surface area (Å²) < 4.78 is 6.03. The van der Waals surface area contributed by atoms with Crippen LogP contribution < -0.4 is 16.0 Å². The molecule has 1 fully saturated rings. The zero-order valence-corrected chi connectivity index (χ0v) is 13.8. The molecule has 118 valence electrons. The molecule has 4 heteroatoms. The quantitative estimate of drug-likeness (QED) is 0.613. The third kappa shape index (κ3) is 4.60. The number of halogens is 1. The van der Waals surface area contributed by atoms with Crippen LogP contribution in [0.15, 0.2) is 24.3 Å². The lowest BCUT2D eigenvalue weighted by Gasteiger charge is -2.36. The topological polar surface area (TPSA) is 47.3 Å². The van der Waals surface area contributed by atoms with Gasteiger partial charge in [-0.25, -0.2) is 0 Å². The molecule has 0 saturated heterocycles. The number of hydrogen-bond acceptors (Lipinski definition) is 3. The molecule has 0 spiro atoms. The van der Waals surface area contributed by atoms with E-state index in [2.05, 4.69) is 19.3 Å². The second-order valence-corrected chi connectivity index (χ2v) is 6.60. The highest BCUT2D eigenvalue weighted by atomic mass is 35.5. The summed E-state index contributed by atoms with van der Waals surface area (Å²) in [6.45, 7) is 4.37. The van der Waals surface area contributed by atoms with Crippen molar-refractivity contribution in [3.05, 3.63) is 29.3 Å². The zero-order chi connectivity index (χ0) is 15.2. The van der Waals surface area contributed by atoms with E-state index in [0.29, 0.717) is 10.9 Å². The van der Waals surface area contributed by atoms with Gasteiger partial charge in [0.1, 0.15) is 11.9 Å². The van der Waals surface area contributed by atoms with Gasteiger partial charge < -0.3 is 4.74 Å². The van der Waals surface area contributed by atoms with Crippen molar-refractivity contribution >= 4 is 11.6 Å². The first-order valence-corrected chi connectivity index (χ1v) is 8.40. The fourth-order valence-electron chi connectivity index (χ4n) is 3.44. The number of ether oxygens (including phenoxy) is 1. The van der Waals surface area contributed by atoms with Gasteiger partial charge in [0.05, 0.1) is 6.04 Å². The Bertz CT molecular complexity index is 433. The molecule has 0 heterocycles. The minimum Gasteiger partial charge on any atom is -0.489 e. The van der Waals surface area contributed by atoms with Crippen LogP contribution in [0.3, 0.4) is 0 Å². The number of nitrogens with two attached hydrogens (primary N) is 1. The highest BCUT2D eigenvalue weighted by Gasteiger charge is 2.30. The Morgan fingerprint density at radius 2 is 2.05 bits per heavy atom. The number of benzene rings is 1. The summed E-state index contributed by atoms with van der Waals surface area (Å²) in [6.07, 6.45) is 6.40. The molecule has 0 aliphatic heterocycles. The van der Waals surface area contributed by atoms with Gasteiger partial charge in [-0.05, 0) is 49.8 Å². The highest BCUT2D eigenvalue weighted by Crippen LogP contribution is 2.33. The summed E-state index contributed by atoms with van der Waals surface area (Å²) in [6, 6.07) is 7.72. The summed E-state index contributed by atoms with van der Waals surface area (Å²) >= 11 is 6.00. The van der Waals surface area contributed by atoms with Crippen LogP contribution in [-0.2, 0) is 0 Å². The molecule has 1 aromatic rings. The molecule has 3 N–H and O–H groups in total. The number of nitrogens with one attached hydrogen (secondary N) is 1. The van der Waals surface area contributed by atoms with Gasteiger partial charge in [-0.15, -0.1) is 0 Å². The molecule has 2 unspecified atom stereocenters. The maximum absolute atomic E-state index is 6.03. The smallest absolute Gasteiger partial charge is 0.121 e. The Balaban J connectivity index is 1.94. The molecule has 0 bridgehead atoms. The van der Waals surface area contributed by atoms with E-state index >= 15 is 0 Å². The van der Waals surface area contributed by atoms with E-state index in [1.165, 1.54) is 32.1 Å². The van der Waals surface area contributed by atoms with Crippen molar-refractivity contribution in [3.8, 4) is 5.75 Å². The average molecular weight is 311 g/mol. The molecular weight excluding hydrogens is 284 g/mol. The van der Waals surface area contributed by atoms with Crippen molar-refractivity contribution in [1.29, 1.82) is 0 Å². The largest absolute Gasteiger partial charge is 0.489 e. The van der Waals surface area contributed by atoms with E-state index in [0.717, 1.165) is 11.7 Å². The highest BCUT2D eigenvalue weighted by molar-refractivity contribution is 6.30. The van der Waals surface area contributed by atoms with E-state index in [9.17, 15) is 0 Å². The van der Waals surface area contributed by atoms with Crippen LogP contribution in [0.25, 0.3) is 0 Å². The first-order chi connectivity index (χ1) is 10.1. The molecule has 1 aromatic carbocycles. The molecule has 21 heavy (non-hydrogen) atoms. The van der Waals surface area contributed by atoms with E-state index in [4.69, 9.17) is 22.2 Å². The van der Waals surface area contributed by atoms with Crippen LogP contribution in [0.5, 0.6) is 5.75 Å². The Morgan fingerprint density at radius 1 is 1.33 bits per heavy atom. The molecule has 2 atom stereocenters. The summed E-state index contributed by atoms with van der Waals surface area (Å²) in [5, 5.41) is 0.695. The molecular formula is C17H27ClN2O. The Hall–Kier alpha value is -0.770. The minimum atomic E-state index is 0.0247. The van der Waals surface area contributed by atoms with E-state index in [1.54, 1.807) is 0 Å². The summed E-state index contributed by atoms with van der Waals surface area (Å²) in [7, 11) is 0. The SMILES string of the molecule is CCC1CCC(C(NN)C(C)Oc2cccc(Cl)c2)CC1. The molecule has 1 saturated carbocycles. The van der Waals surface area contributed by atoms with Gasteiger partial charge in [-0.1, -0.05) is 43.9 Å². The minimum absolute atomic E-state index is 0.0247. The Kier molecular flexibility index (Phi) is 6.34. The summed E-state index contributed by atoms with van der Waals surface area (Å²) in [4.78, 5) is 0. The number of hydrazine groups is 1. The van der Waals surface area contributed by atoms with Crippen molar-refractivity contribution < 1.29 is 4.74 Å². The lowest BCUT2D eigenvalue weighted by Crippen LogP contribution is -2.50. The van der Waals surface area contributed by atoms with E-state index in [-0.39, 0.29) is 12.1 Å². The molecule has 1 aliphatic rings. The second kappa shape index (κ2) is 8.02.